The van der Waals surface area contributed by atoms with Gasteiger partial charge in [0.1, 0.15) is 11.3 Å². The van der Waals surface area contributed by atoms with Gasteiger partial charge >= 0.3 is 0 Å². The van der Waals surface area contributed by atoms with Gasteiger partial charge in [0.25, 0.3) is 5.91 Å². The number of carbonyl (C=O) groups excluding carboxylic acids is 2. The average Bonchev–Trinajstić information content (AvgIpc) is 3.69. The third-order valence-corrected chi connectivity index (χ3v) is 8.00. The van der Waals surface area contributed by atoms with Gasteiger partial charge in [0.15, 0.2) is 5.65 Å². The van der Waals surface area contributed by atoms with Crippen LogP contribution in [-0.4, -0.2) is 68.7 Å². The van der Waals surface area contributed by atoms with Crippen LogP contribution in [0.1, 0.15) is 45.9 Å². The van der Waals surface area contributed by atoms with Gasteiger partial charge in [0.05, 0.1) is 41.3 Å². The molecule has 11 heteroatoms. The van der Waals surface area contributed by atoms with Gasteiger partial charge in [-0.1, -0.05) is 12.1 Å². The van der Waals surface area contributed by atoms with E-state index in [0.29, 0.717) is 54.5 Å². The quantitative estimate of drug-likeness (QED) is 0.326. The van der Waals surface area contributed by atoms with Crippen molar-refractivity contribution in [1.82, 2.24) is 34.5 Å². The molecule has 7 rings (SSSR count). The molecule has 2 N–H and O–H groups in total. The van der Waals surface area contributed by atoms with Crippen molar-refractivity contribution in [2.75, 3.05) is 33.0 Å². The molecule has 41 heavy (non-hydrogen) atoms. The summed E-state index contributed by atoms with van der Waals surface area (Å²) in [6.07, 6.45) is 6.46. The molecule has 0 saturated carbocycles. The molecule has 5 aromatic rings. The molecule has 2 amide bonds. The molecule has 208 valence electrons. The molecule has 0 radical (unpaired) electrons. The first kappa shape index (κ1) is 25.2. The lowest BCUT2D eigenvalue weighted by atomic mass is 9.89. The number of furan rings is 1. The van der Waals surface area contributed by atoms with Gasteiger partial charge in [0.2, 0.25) is 11.6 Å². The molecule has 4 aromatic heterocycles. The molecule has 0 aliphatic carbocycles. The maximum absolute atomic E-state index is 13.1. The Morgan fingerprint density at radius 3 is 2.83 bits per heavy atom. The normalized spacial score (nSPS) is 17.1. The van der Waals surface area contributed by atoms with E-state index in [9.17, 15) is 9.59 Å². The second-order valence-corrected chi connectivity index (χ2v) is 11.0. The minimum atomic E-state index is -0.131. The highest BCUT2D eigenvalue weighted by molar-refractivity contribution is 6.06. The number of benzene rings is 1. The van der Waals surface area contributed by atoms with Gasteiger partial charge in [-0.2, -0.15) is 0 Å². The molecule has 11 nitrogen and oxygen atoms in total. The Morgan fingerprint density at radius 2 is 2.00 bits per heavy atom. The number of aromatic nitrogens is 4. The number of carbonyl (C=O) groups is 2. The first-order chi connectivity index (χ1) is 19.9. The van der Waals surface area contributed by atoms with E-state index in [4.69, 9.17) is 9.40 Å². The van der Waals surface area contributed by atoms with E-state index in [1.54, 1.807) is 23.6 Å². The van der Waals surface area contributed by atoms with Crippen molar-refractivity contribution in [1.29, 1.82) is 0 Å². The zero-order valence-corrected chi connectivity index (χ0v) is 23.1. The fourth-order valence-corrected chi connectivity index (χ4v) is 6.05. The van der Waals surface area contributed by atoms with Crippen molar-refractivity contribution in [3.63, 3.8) is 0 Å². The first-order valence-corrected chi connectivity index (χ1v) is 13.7. The van der Waals surface area contributed by atoms with E-state index >= 15 is 0 Å². The zero-order valence-electron chi connectivity index (χ0n) is 23.1. The van der Waals surface area contributed by atoms with Gasteiger partial charge in [-0.25, -0.2) is 15.0 Å². The van der Waals surface area contributed by atoms with E-state index in [1.807, 2.05) is 49.8 Å². The van der Waals surface area contributed by atoms with Gasteiger partial charge in [-0.3, -0.25) is 14.0 Å². The van der Waals surface area contributed by atoms with Crippen LogP contribution in [0, 0.1) is 0 Å². The van der Waals surface area contributed by atoms with E-state index in [0.717, 1.165) is 40.0 Å². The molecule has 1 fully saturated rings. The minimum absolute atomic E-state index is 0.131. The van der Waals surface area contributed by atoms with Crippen LogP contribution in [0.2, 0.25) is 0 Å². The first-order valence-electron chi connectivity index (χ1n) is 13.7. The molecule has 0 unspecified atom stereocenters. The summed E-state index contributed by atoms with van der Waals surface area (Å²) in [4.78, 5) is 43.0. The Labute approximate surface area is 236 Å². The van der Waals surface area contributed by atoms with E-state index < -0.39 is 0 Å². The fourth-order valence-electron chi connectivity index (χ4n) is 6.05. The van der Waals surface area contributed by atoms with Gasteiger partial charge in [-0.05, 0) is 43.8 Å². The highest BCUT2D eigenvalue weighted by Crippen LogP contribution is 2.37. The number of imidazole rings is 1. The number of likely N-dealkylation sites (N-methyl/N-ethyl adjacent to an activating group) is 1. The maximum Gasteiger partial charge on any atom is 0.254 e. The van der Waals surface area contributed by atoms with Crippen molar-refractivity contribution in [2.45, 2.75) is 31.8 Å². The Balaban J connectivity index is 1.26. The molecule has 1 atom stereocenters. The number of pyridine rings is 1. The second-order valence-electron chi connectivity index (χ2n) is 11.0. The minimum Gasteiger partial charge on any atom is -0.445 e. The van der Waals surface area contributed by atoms with Gasteiger partial charge in [-0.15, -0.1) is 0 Å². The van der Waals surface area contributed by atoms with Crippen molar-refractivity contribution in [3.8, 4) is 11.3 Å². The fraction of sp³-hybridized carbons (Fsp3) is 0.300. The predicted molar refractivity (Wildman–Crippen MR) is 154 cm³/mol. The molecular formula is C30H30N8O3. The second kappa shape index (κ2) is 9.70. The number of likely N-dealkylation sites (tertiary alicyclic amines) is 1. The molecule has 2 aliphatic heterocycles. The molecule has 2 aliphatic rings. The van der Waals surface area contributed by atoms with Crippen LogP contribution < -0.4 is 10.6 Å². The van der Waals surface area contributed by atoms with Gasteiger partial charge in [0, 0.05) is 50.7 Å². The summed E-state index contributed by atoms with van der Waals surface area (Å²) in [5.41, 5.74) is 8.14. The Kier molecular flexibility index (Phi) is 5.97. The highest BCUT2D eigenvalue weighted by Gasteiger charge is 2.29. The van der Waals surface area contributed by atoms with Crippen molar-refractivity contribution in [2.24, 2.45) is 0 Å². The van der Waals surface area contributed by atoms with E-state index in [2.05, 4.69) is 31.6 Å². The third-order valence-electron chi connectivity index (χ3n) is 8.00. The Morgan fingerprint density at radius 1 is 1.12 bits per heavy atom. The summed E-state index contributed by atoms with van der Waals surface area (Å²) < 4.78 is 7.51. The highest BCUT2D eigenvalue weighted by atomic mass is 16.3. The van der Waals surface area contributed by atoms with Crippen LogP contribution >= 0.6 is 0 Å². The lowest BCUT2D eigenvalue weighted by Crippen LogP contribution is -2.36. The number of anilines is 2. The Bertz CT molecular complexity index is 1840. The lowest BCUT2D eigenvalue weighted by Gasteiger charge is -2.31. The summed E-state index contributed by atoms with van der Waals surface area (Å²) >= 11 is 0. The zero-order chi connectivity index (χ0) is 28.2. The van der Waals surface area contributed by atoms with Crippen molar-refractivity contribution >= 4 is 40.2 Å². The number of amides is 2. The largest absolute Gasteiger partial charge is 0.445 e. The topological polar surface area (TPSA) is 121 Å². The molecule has 1 aromatic carbocycles. The number of fused-ring (bicyclic) bond motifs is 4. The van der Waals surface area contributed by atoms with Gasteiger partial charge < -0.3 is 24.9 Å². The van der Waals surface area contributed by atoms with Crippen molar-refractivity contribution in [3.05, 3.63) is 71.4 Å². The number of hydrogen-bond donors (Lipinski definition) is 2. The summed E-state index contributed by atoms with van der Waals surface area (Å²) in [6, 6.07) is 9.88. The summed E-state index contributed by atoms with van der Waals surface area (Å²) in [7, 11) is 5.90. The number of piperidine rings is 1. The standard InChI is InChI=1S/C30H30N8O3/c1-36(2)16-22-18(17-4-9-27(39)37(3)15-17)6-8-25(35-22)34-21-7-5-19(20-12-32-29(40)28(20)21)24-13-31-26-14-33-30-23(38(24)26)10-11-41-30/h5-8,10-11,13-14,17H,4,9,12,15-16H2,1-3H3,(H,32,40)(H,34,35)/t17-/m1/s1. The summed E-state index contributed by atoms with van der Waals surface area (Å²) in [5, 5.41) is 6.42. The number of nitrogens with zero attached hydrogens (tertiary/aromatic N) is 6. The third kappa shape index (κ3) is 4.29. The van der Waals surface area contributed by atoms with Crippen LogP contribution in [0.4, 0.5) is 11.5 Å². The van der Waals surface area contributed by atoms with E-state index in [-0.39, 0.29) is 17.7 Å². The van der Waals surface area contributed by atoms with E-state index in [1.165, 1.54) is 0 Å². The van der Waals surface area contributed by atoms with Crippen LogP contribution in [0.3, 0.4) is 0 Å². The molecule has 0 spiro atoms. The van der Waals surface area contributed by atoms with Crippen LogP contribution in [0.25, 0.3) is 28.1 Å². The number of hydrogen-bond acceptors (Lipinski definition) is 8. The smallest absolute Gasteiger partial charge is 0.254 e. The number of rotatable bonds is 6. The summed E-state index contributed by atoms with van der Waals surface area (Å²) in [5.74, 6) is 0.965. The van der Waals surface area contributed by atoms with Crippen LogP contribution in [0.5, 0.6) is 0 Å². The SMILES string of the molecule is CN(C)Cc1nc(Nc2ccc(-c3cnc4cnc5occc5n34)c3c2C(=O)NC3)ccc1[C@@H]1CCC(=O)N(C)C1. The van der Waals surface area contributed by atoms with Crippen molar-refractivity contribution < 1.29 is 14.0 Å². The Hall–Kier alpha value is -4.77. The van der Waals surface area contributed by atoms with Crippen LogP contribution in [-0.2, 0) is 17.9 Å². The molecule has 0 bridgehead atoms. The maximum atomic E-state index is 13.1. The van der Waals surface area contributed by atoms with Crippen LogP contribution in [0.15, 0.2) is 53.4 Å². The molecular weight excluding hydrogens is 520 g/mol. The summed E-state index contributed by atoms with van der Waals surface area (Å²) in [6.45, 7) is 1.77. The molecule has 1 saturated heterocycles. The predicted octanol–water partition coefficient (Wildman–Crippen LogP) is 3.92. The monoisotopic (exact) mass is 550 g/mol. The molecule has 6 heterocycles. The number of nitrogens with one attached hydrogen (secondary N) is 2. The average molecular weight is 551 g/mol. The lowest BCUT2D eigenvalue weighted by molar-refractivity contribution is -0.132.